The molecule has 5 heteroatoms. The van der Waals surface area contributed by atoms with Gasteiger partial charge < -0.3 is 14.6 Å². The van der Waals surface area contributed by atoms with E-state index < -0.39 is 11.6 Å². The molecule has 1 aliphatic rings. The molecular weight excluding hydrogens is 244 g/mol. The number of nitrogens with zero attached hydrogens (tertiary/aromatic N) is 1. The van der Waals surface area contributed by atoms with Crippen LogP contribution in [-0.4, -0.2) is 22.7 Å². The monoisotopic (exact) mass is 264 g/mol. The number of fused-ring (bicyclic) bond motifs is 1. The van der Waals surface area contributed by atoms with Gasteiger partial charge in [-0.2, -0.15) is 0 Å². The Morgan fingerprint density at radius 1 is 1.47 bits per heavy atom. The summed E-state index contributed by atoms with van der Waals surface area (Å²) in [5.74, 6) is -0.390. The lowest BCUT2D eigenvalue weighted by atomic mass is 10.0. The molecule has 0 amide bonds. The summed E-state index contributed by atoms with van der Waals surface area (Å²) in [5, 5.41) is 3.17. The van der Waals surface area contributed by atoms with Crippen molar-refractivity contribution in [2.24, 2.45) is 0 Å². The summed E-state index contributed by atoms with van der Waals surface area (Å²) in [5.41, 5.74) is 1.20. The molecule has 104 valence electrons. The van der Waals surface area contributed by atoms with Crippen molar-refractivity contribution < 1.29 is 9.53 Å². The Balaban J connectivity index is 2.18. The van der Waals surface area contributed by atoms with E-state index in [1.807, 2.05) is 26.8 Å². The van der Waals surface area contributed by atoms with Crippen LogP contribution in [0, 0.1) is 0 Å². The highest BCUT2D eigenvalue weighted by Gasteiger charge is 2.19. The second-order valence-corrected chi connectivity index (χ2v) is 5.77. The van der Waals surface area contributed by atoms with Crippen LogP contribution in [0.3, 0.4) is 0 Å². The van der Waals surface area contributed by atoms with Crippen molar-refractivity contribution in [3.8, 4) is 0 Å². The van der Waals surface area contributed by atoms with Gasteiger partial charge in [-0.1, -0.05) is 0 Å². The van der Waals surface area contributed by atoms with Gasteiger partial charge in [-0.25, -0.2) is 0 Å². The maximum Gasteiger partial charge on any atom is 0.326 e. The predicted octanol–water partition coefficient (Wildman–Crippen LogP) is 0.836. The molecule has 0 saturated carbocycles. The van der Waals surface area contributed by atoms with Crippen LogP contribution in [0.15, 0.2) is 17.1 Å². The molecule has 1 aliphatic heterocycles. The zero-order valence-electron chi connectivity index (χ0n) is 11.7. The summed E-state index contributed by atoms with van der Waals surface area (Å²) in [7, 11) is 0. The van der Waals surface area contributed by atoms with Crippen molar-refractivity contribution in [2.75, 3.05) is 6.54 Å². The van der Waals surface area contributed by atoms with Gasteiger partial charge in [0.15, 0.2) is 0 Å². The van der Waals surface area contributed by atoms with Crippen LogP contribution in [0.1, 0.15) is 31.9 Å². The molecule has 0 unspecified atom stereocenters. The zero-order valence-corrected chi connectivity index (χ0v) is 11.7. The van der Waals surface area contributed by atoms with Gasteiger partial charge in [0.1, 0.15) is 12.1 Å². The molecule has 0 atom stereocenters. The molecule has 1 aromatic heterocycles. The van der Waals surface area contributed by atoms with E-state index in [4.69, 9.17) is 4.74 Å². The summed E-state index contributed by atoms with van der Waals surface area (Å²) in [6.45, 7) is 6.86. The first-order valence-electron chi connectivity index (χ1n) is 6.50. The molecule has 2 heterocycles. The molecule has 2 rings (SSSR count). The molecule has 0 aliphatic carbocycles. The van der Waals surface area contributed by atoms with Crippen LogP contribution >= 0.6 is 0 Å². The fourth-order valence-electron chi connectivity index (χ4n) is 2.16. The van der Waals surface area contributed by atoms with Crippen molar-refractivity contribution in [2.45, 2.75) is 45.9 Å². The van der Waals surface area contributed by atoms with E-state index >= 15 is 0 Å². The highest BCUT2D eigenvalue weighted by atomic mass is 16.6. The minimum Gasteiger partial charge on any atom is -0.459 e. The average Bonchev–Trinajstić information content (AvgIpc) is 2.31. The first-order valence-corrected chi connectivity index (χ1v) is 6.50. The maximum absolute atomic E-state index is 12.2. The molecule has 5 nitrogen and oxygen atoms in total. The number of aromatic nitrogens is 1. The summed E-state index contributed by atoms with van der Waals surface area (Å²) in [6, 6.07) is 1.92. The third-order valence-corrected chi connectivity index (χ3v) is 2.95. The molecule has 0 radical (unpaired) electrons. The minimum atomic E-state index is -0.531. The Morgan fingerprint density at radius 3 is 2.89 bits per heavy atom. The van der Waals surface area contributed by atoms with Gasteiger partial charge >= 0.3 is 5.97 Å². The van der Waals surface area contributed by atoms with Crippen molar-refractivity contribution in [1.29, 1.82) is 0 Å². The molecule has 0 spiro atoms. The molecule has 19 heavy (non-hydrogen) atoms. The van der Waals surface area contributed by atoms with Crippen molar-refractivity contribution in [3.05, 3.63) is 33.7 Å². The number of hydrogen-bond acceptors (Lipinski definition) is 4. The summed E-state index contributed by atoms with van der Waals surface area (Å²) in [4.78, 5) is 24.0. The van der Waals surface area contributed by atoms with Crippen LogP contribution < -0.4 is 10.9 Å². The first kappa shape index (κ1) is 13.8. The molecular formula is C14H20N2O3. The standard InChI is InChI=1S/C14H20N2O3/c1-14(2,3)19-12(17)9-16-7-5-10-4-6-15-8-11(10)13(16)18/h5,7,15H,4,6,8-9H2,1-3H3. The van der Waals surface area contributed by atoms with Gasteiger partial charge in [-0.3, -0.25) is 9.59 Å². The largest absolute Gasteiger partial charge is 0.459 e. The highest BCUT2D eigenvalue weighted by molar-refractivity contribution is 5.69. The smallest absolute Gasteiger partial charge is 0.326 e. The quantitative estimate of drug-likeness (QED) is 0.804. The Bertz CT molecular complexity index is 541. The van der Waals surface area contributed by atoms with Crippen LogP contribution in [0.2, 0.25) is 0 Å². The second kappa shape index (κ2) is 5.17. The Morgan fingerprint density at radius 2 is 2.21 bits per heavy atom. The summed E-state index contributed by atoms with van der Waals surface area (Å²) >= 11 is 0. The van der Waals surface area contributed by atoms with Crippen molar-refractivity contribution in [3.63, 3.8) is 0 Å². The third-order valence-electron chi connectivity index (χ3n) is 2.95. The minimum absolute atomic E-state index is 0.0383. The van der Waals surface area contributed by atoms with Gasteiger partial charge in [0.2, 0.25) is 0 Å². The lowest BCUT2D eigenvalue weighted by molar-refractivity contribution is -0.155. The number of rotatable bonds is 2. The third kappa shape index (κ3) is 3.44. The number of hydrogen-bond donors (Lipinski definition) is 1. The highest BCUT2D eigenvalue weighted by Crippen LogP contribution is 2.10. The van der Waals surface area contributed by atoms with Gasteiger partial charge in [-0.15, -0.1) is 0 Å². The van der Waals surface area contributed by atoms with E-state index in [0.29, 0.717) is 6.54 Å². The second-order valence-electron chi connectivity index (χ2n) is 5.77. The number of pyridine rings is 1. The molecule has 0 fully saturated rings. The number of ether oxygens (including phenoxy) is 1. The number of carbonyl (C=O) groups excluding carboxylic acids is 1. The maximum atomic E-state index is 12.2. The molecule has 0 bridgehead atoms. The average molecular weight is 264 g/mol. The predicted molar refractivity (Wildman–Crippen MR) is 72.0 cm³/mol. The first-order chi connectivity index (χ1) is 8.87. The van der Waals surface area contributed by atoms with E-state index in [-0.39, 0.29) is 12.1 Å². The SMILES string of the molecule is CC(C)(C)OC(=O)Cn1ccc2c(c1=O)CNCC2. The lowest BCUT2D eigenvalue weighted by Crippen LogP contribution is -2.36. The molecule has 1 N–H and O–H groups in total. The van der Waals surface area contributed by atoms with Gasteiger partial charge in [0, 0.05) is 18.3 Å². The zero-order chi connectivity index (χ0) is 14.0. The Labute approximate surface area is 112 Å². The normalized spacial score (nSPS) is 14.9. The number of carbonyl (C=O) groups is 1. The Hall–Kier alpha value is -1.62. The lowest BCUT2D eigenvalue weighted by Gasteiger charge is -2.21. The number of esters is 1. The van der Waals surface area contributed by atoms with E-state index in [9.17, 15) is 9.59 Å². The summed E-state index contributed by atoms with van der Waals surface area (Å²) in [6.07, 6.45) is 2.54. The van der Waals surface area contributed by atoms with E-state index in [1.165, 1.54) is 4.57 Å². The van der Waals surface area contributed by atoms with Crippen LogP contribution in [0.5, 0.6) is 0 Å². The van der Waals surface area contributed by atoms with E-state index in [0.717, 1.165) is 24.1 Å². The van der Waals surface area contributed by atoms with Gasteiger partial charge in [0.05, 0.1) is 0 Å². The topological polar surface area (TPSA) is 60.3 Å². The van der Waals surface area contributed by atoms with E-state index in [1.54, 1.807) is 6.20 Å². The van der Waals surface area contributed by atoms with Gasteiger partial charge in [0.25, 0.3) is 5.56 Å². The number of nitrogens with one attached hydrogen (secondary N) is 1. The summed E-state index contributed by atoms with van der Waals surface area (Å²) < 4.78 is 6.64. The van der Waals surface area contributed by atoms with Gasteiger partial charge in [-0.05, 0) is 45.4 Å². The fourth-order valence-corrected chi connectivity index (χ4v) is 2.16. The van der Waals surface area contributed by atoms with Crippen LogP contribution in [-0.2, 0) is 29.0 Å². The molecule has 0 aromatic carbocycles. The molecule has 0 saturated heterocycles. The van der Waals surface area contributed by atoms with Crippen molar-refractivity contribution >= 4 is 5.97 Å². The van der Waals surface area contributed by atoms with Crippen LogP contribution in [0.25, 0.3) is 0 Å². The van der Waals surface area contributed by atoms with E-state index in [2.05, 4.69) is 5.32 Å². The fraction of sp³-hybridized carbons (Fsp3) is 0.571. The Kier molecular flexibility index (Phi) is 3.75. The molecule has 1 aromatic rings. The van der Waals surface area contributed by atoms with Crippen molar-refractivity contribution in [1.82, 2.24) is 9.88 Å². The van der Waals surface area contributed by atoms with Crippen LogP contribution in [0.4, 0.5) is 0 Å².